The van der Waals surface area contributed by atoms with E-state index in [0.717, 1.165) is 0 Å². The molecule has 0 radical (unpaired) electrons. The predicted octanol–water partition coefficient (Wildman–Crippen LogP) is 4.82. The maximum Gasteiger partial charge on any atom is 0.390 e. The van der Waals surface area contributed by atoms with Gasteiger partial charge in [0.25, 0.3) is 0 Å². The molecular formula is C12H21F6N. The molecule has 0 aromatic heterocycles. The van der Waals surface area contributed by atoms with Crippen molar-refractivity contribution in [1.29, 1.82) is 0 Å². The number of rotatable bonds is 7. The molecule has 19 heavy (non-hydrogen) atoms. The monoisotopic (exact) mass is 293 g/mol. The summed E-state index contributed by atoms with van der Waals surface area (Å²) in [6.07, 6.45) is -11.4. The molecule has 0 aromatic rings. The van der Waals surface area contributed by atoms with Crippen LogP contribution in [0.2, 0.25) is 0 Å². The fourth-order valence-corrected chi connectivity index (χ4v) is 2.00. The van der Waals surface area contributed by atoms with Crippen molar-refractivity contribution in [2.75, 3.05) is 0 Å². The maximum atomic E-state index is 12.6. The lowest BCUT2D eigenvalue weighted by atomic mass is 9.85. The molecule has 0 fully saturated rings. The maximum absolute atomic E-state index is 12.6. The fraction of sp³-hybridized carbons (Fsp3) is 1.00. The highest BCUT2D eigenvalue weighted by Gasteiger charge is 2.43. The summed E-state index contributed by atoms with van der Waals surface area (Å²) in [5.41, 5.74) is -1.54. The molecule has 0 aliphatic heterocycles. The Balaban J connectivity index is 4.95. The van der Waals surface area contributed by atoms with Gasteiger partial charge in [-0.3, -0.25) is 0 Å². The molecule has 2 atom stereocenters. The zero-order valence-corrected chi connectivity index (χ0v) is 11.4. The highest BCUT2D eigenvalue weighted by atomic mass is 19.4. The molecule has 1 N–H and O–H groups in total. The normalized spacial score (nSPS) is 18.2. The minimum atomic E-state index is -4.48. The van der Waals surface area contributed by atoms with E-state index in [9.17, 15) is 26.3 Å². The summed E-state index contributed by atoms with van der Waals surface area (Å²) in [4.78, 5) is 0. The van der Waals surface area contributed by atoms with Crippen molar-refractivity contribution in [3.63, 3.8) is 0 Å². The third kappa shape index (κ3) is 8.34. The van der Waals surface area contributed by atoms with Gasteiger partial charge in [0, 0.05) is 18.0 Å². The molecular weight excluding hydrogens is 272 g/mol. The number of hydrogen-bond acceptors (Lipinski definition) is 1. The molecule has 0 aliphatic carbocycles. The van der Waals surface area contributed by atoms with Crippen molar-refractivity contribution >= 4 is 0 Å². The third-order valence-corrected chi connectivity index (χ3v) is 3.27. The number of alkyl halides is 6. The molecule has 0 saturated heterocycles. The second-order valence-corrected chi connectivity index (χ2v) is 4.99. The van der Waals surface area contributed by atoms with E-state index in [0.29, 0.717) is 6.42 Å². The average molecular weight is 293 g/mol. The van der Waals surface area contributed by atoms with Crippen LogP contribution in [0.3, 0.4) is 0 Å². The average Bonchev–Trinajstić information content (AvgIpc) is 2.22. The van der Waals surface area contributed by atoms with Gasteiger partial charge in [-0.05, 0) is 26.2 Å². The van der Waals surface area contributed by atoms with E-state index in [2.05, 4.69) is 5.32 Å². The summed E-state index contributed by atoms with van der Waals surface area (Å²) in [6.45, 7) is 4.93. The van der Waals surface area contributed by atoms with E-state index in [4.69, 9.17) is 0 Å². The van der Waals surface area contributed by atoms with Gasteiger partial charge in [0.1, 0.15) is 0 Å². The number of halogens is 6. The van der Waals surface area contributed by atoms with Crippen LogP contribution in [0, 0.1) is 0 Å². The second-order valence-electron chi connectivity index (χ2n) is 4.99. The van der Waals surface area contributed by atoms with E-state index >= 15 is 0 Å². The summed E-state index contributed by atoms with van der Waals surface area (Å²) in [5.74, 6) is 0. The Bertz CT molecular complexity index is 260. The summed E-state index contributed by atoms with van der Waals surface area (Å²) < 4.78 is 74.6. The van der Waals surface area contributed by atoms with Crippen LogP contribution in [0.15, 0.2) is 0 Å². The van der Waals surface area contributed by atoms with Crippen molar-refractivity contribution in [2.45, 2.75) is 76.8 Å². The minimum absolute atomic E-state index is 0.00687. The van der Waals surface area contributed by atoms with Crippen molar-refractivity contribution in [2.24, 2.45) is 0 Å². The molecule has 0 bridgehead atoms. The van der Waals surface area contributed by atoms with Crippen LogP contribution in [0.1, 0.15) is 52.9 Å². The lowest BCUT2D eigenvalue weighted by Crippen LogP contribution is -2.52. The van der Waals surface area contributed by atoms with Gasteiger partial charge >= 0.3 is 12.4 Å². The van der Waals surface area contributed by atoms with Crippen LogP contribution < -0.4 is 5.32 Å². The first kappa shape index (κ1) is 18.5. The van der Waals surface area contributed by atoms with Gasteiger partial charge in [0.2, 0.25) is 0 Å². The summed E-state index contributed by atoms with van der Waals surface area (Å²) in [5, 5.41) is 2.74. The summed E-state index contributed by atoms with van der Waals surface area (Å²) in [6, 6.07) is -0.254. The summed E-state index contributed by atoms with van der Waals surface area (Å²) >= 11 is 0. The van der Waals surface area contributed by atoms with E-state index in [1.807, 2.05) is 0 Å². The van der Waals surface area contributed by atoms with E-state index < -0.39 is 37.2 Å². The number of hydrogen-bond donors (Lipinski definition) is 1. The molecule has 0 rings (SSSR count). The molecule has 116 valence electrons. The van der Waals surface area contributed by atoms with Gasteiger partial charge in [-0.1, -0.05) is 13.8 Å². The minimum Gasteiger partial charge on any atom is -0.308 e. The lowest BCUT2D eigenvalue weighted by Gasteiger charge is -2.37. The largest absolute Gasteiger partial charge is 0.390 e. The van der Waals surface area contributed by atoms with Crippen molar-refractivity contribution in [3.8, 4) is 0 Å². The molecule has 1 nitrogen and oxygen atoms in total. The molecule has 0 saturated carbocycles. The SMILES string of the molecule is CCC(C)NC(CC)(CCC(F)(F)F)CC(F)(F)F. The van der Waals surface area contributed by atoms with Gasteiger partial charge < -0.3 is 5.32 Å². The Labute approximate surface area is 109 Å². The highest BCUT2D eigenvalue weighted by Crippen LogP contribution is 2.36. The third-order valence-electron chi connectivity index (χ3n) is 3.27. The zero-order chi connectivity index (χ0) is 15.3. The molecule has 7 heteroatoms. The van der Waals surface area contributed by atoms with Crippen molar-refractivity contribution in [1.82, 2.24) is 5.32 Å². The van der Waals surface area contributed by atoms with Gasteiger partial charge in [0.05, 0.1) is 6.42 Å². The fourth-order valence-electron chi connectivity index (χ4n) is 2.00. The first-order valence-corrected chi connectivity index (χ1v) is 6.34. The second kappa shape index (κ2) is 6.81. The molecule has 0 heterocycles. The van der Waals surface area contributed by atoms with Crippen LogP contribution in [-0.4, -0.2) is 23.9 Å². The van der Waals surface area contributed by atoms with Crippen LogP contribution >= 0.6 is 0 Å². The first-order chi connectivity index (χ1) is 8.43. The van der Waals surface area contributed by atoms with Crippen LogP contribution in [0.25, 0.3) is 0 Å². The lowest BCUT2D eigenvalue weighted by molar-refractivity contribution is -0.164. The van der Waals surface area contributed by atoms with Gasteiger partial charge in [-0.15, -0.1) is 0 Å². The highest BCUT2D eigenvalue weighted by molar-refractivity contribution is 4.91. The smallest absolute Gasteiger partial charge is 0.308 e. The molecule has 0 aliphatic rings. The van der Waals surface area contributed by atoms with E-state index in [1.54, 1.807) is 13.8 Å². The van der Waals surface area contributed by atoms with Gasteiger partial charge in [-0.25, -0.2) is 0 Å². The van der Waals surface area contributed by atoms with Gasteiger partial charge in [-0.2, -0.15) is 26.3 Å². The first-order valence-electron chi connectivity index (χ1n) is 6.34. The Morgan fingerprint density at radius 2 is 1.42 bits per heavy atom. The van der Waals surface area contributed by atoms with Crippen molar-refractivity contribution < 1.29 is 26.3 Å². The Hall–Kier alpha value is -0.460. The Kier molecular flexibility index (Phi) is 6.65. The zero-order valence-electron chi connectivity index (χ0n) is 11.4. The summed E-state index contributed by atoms with van der Waals surface area (Å²) in [7, 11) is 0. The Morgan fingerprint density at radius 1 is 0.895 bits per heavy atom. The molecule has 0 amide bonds. The molecule has 0 aromatic carbocycles. The van der Waals surface area contributed by atoms with E-state index in [-0.39, 0.29) is 12.5 Å². The topological polar surface area (TPSA) is 12.0 Å². The van der Waals surface area contributed by atoms with Crippen LogP contribution in [0.4, 0.5) is 26.3 Å². The van der Waals surface area contributed by atoms with Gasteiger partial charge in [0.15, 0.2) is 0 Å². The van der Waals surface area contributed by atoms with E-state index in [1.165, 1.54) is 6.92 Å². The molecule has 0 spiro atoms. The van der Waals surface area contributed by atoms with Crippen molar-refractivity contribution in [3.05, 3.63) is 0 Å². The quantitative estimate of drug-likeness (QED) is 0.664. The Morgan fingerprint density at radius 3 is 1.74 bits per heavy atom. The van der Waals surface area contributed by atoms with Crippen LogP contribution in [0.5, 0.6) is 0 Å². The van der Waals surface area contributed by atoms with Crippen LogP contribution in [-0.2, 0) is 0 Å². The predicted molar refractivity (Wildman–Crippen MR) is 61.9 cm³/mol. The standard InChI is InChI=1S/C12H21F6N/c1-4-9(3)19-10(5-2,8-12(16,17)18)6-7-11(13,14)15/h9,19H,4-8H2,1-3H3. The number of nitrogens with one attached hydrogen (secondary N) is 1. The molecule has 2 unspecified atom stereocenters.